The van der Waals surface area contributed by atoms with Crippen LogP contribution in [-0.4, -0.2) is 31.2 Å². The first-order valence-corrected chi connectivity index (χ1v) is 11.4. The largest absolute Gasteiger partial charge is 0.467 e. The molecular weight excluding hydrogens is 469 g/mol. The average molecular weight is 492 g/mol. The number of benzene rings is 3. The van der Waals surface area contributed by atoms with Gasteiger partial charge in [0.15, 0.2) is 6.04 Å². The molecule has 0 amide bonds. The van der Waals surface area contributed by atoms with Crippen LogP contribution >= 0.6 is 0 Å². The molecule has 1 aliphatic rings. The van der Waals surface area contributed by atoms with E-state index in [1.54, 1.807) is 18.0 Å². The SMILES string of the molecule is COC(=O)C1CN(C)c2c(-c3cccc(C(F)(F)F)c3)c(Cc3cccc4ccccc34)cc(=O)n21. The average Bonchev–Trinajstić information content (AvgIpc) is 3.21. The molecule has 1 atom stereocenters. The molecule has 0 saturated heterocycles. The minimum Gasteiger partial charge on any atom is -0.467 e. The number of fused-ring (bicyclic) bond motifs is 2. The predicted octanol–water partition coefficient (Wildman–Crippen LogP) is 5.44. The molecule has 1 aromatic heterocycles. The Balaban J connectivity index is 1.78. The summed E-state index contributed by atoms with van der Waals surface area (Å²) in [5.74, 6) is -0.188. The van der Waals surface area contributed by atoms with Crippen molar-refractivity contribution in [1.29, 1.82) is 0 Å². The van der Waals surface area contributed by atoms with Crippen molar-refractivity contribution in [3.05, 3.63) is 99.8 Å². The highest BCUT2D eigenvalue weighted by Crippen LogP contribution is 2.41. The molecule has 5 rings (SSSR count). The quantitative estimate of drug-likeness (QED) is 0.356. The minimum atomic E-state index is -4.53. The maximum absolute atomic E-state index is 13.6. The zero-order valence-corrected chi connectivity index (χ0v) is 19.7. The monoisotopic (exact) mass is 492 g/mol. The summed E-state index contributed by atoms with van der Waals surface area (Å²) in [6.45, 7) is 0.172. The maximum atomic E-state index is 13.6. The third-order valence-electron chi connectivity index (χ3n) is 6.64. The number of hydrogen-bond donors (Lipinski definition) is 0. The molecule has 1 aliphatic heterocycles. The number of carbonyl (C=O) groups is 1. The second kappa shape index (κ2) is 8.86. The van der Waals surface area contributed by atoms with Gasteiger partial charge in [0.1, 0.15) is 5.82 Å². The molecule has 0 radical (unpaired) electrons. The molecule has 0 saturated carbocycles. The number of carbonyl (C=O) groups excluding carboxylic acids is 1. The fraction of sp³-hybridized carbons (Fsp3) is 0.214. The Morgan fingerprint density at radius 2 is 1.72 bits per heavy atom. The third-order valence-corrected chi connectivity index (χ3v) is 6.64. The van der Waals surface area contributed by atoms with Gasteiger partial charge in [0.05, 0.1) is 19.2 Å². The Morgan fingerprint density at radius 1 is 1.00 bits per heavy atom. The van der Waals surface area contributed by atoms with Crippen molar-refractivity contribution in [2.75, 3.05) is 25.6 Å². The number of methoxy groups -OCH3 is 1. The van der Waals surface area contributed by atoms with Gasteiger partial charge in [-0.2, -0.15) is 13.2 Å². The van der Waals surface area contributed by atoms with E-state index in [1.807, 2.05) is 42.5 Å². The van der Waals surface area contributed by atoms with Crippen molar-refractivity contribution in [3.63, 3.8) is 0 Å². The fourth-order valence-electron chi connectivity index (χ4n) is 5.04. The molecule has 8 heteroatoms. The van der Waals surface area contributed by atoms with Gasteiger partial charge in [-0.05, 0) is 46.0 Å². The molecule has 0 aliphatic carbocycles. The number of alkyl halides is 3. The van der Waals surface area contributed by atoms with E-state index < -0.39 is 29.3 Å². The predicted molar refractivity (Wildman–Crippen MR) is 132 cm³/mol. The summed E-state index contributed by atoms with van der Waals surface area (Å²) in [7, 11) is 2.96. The Kier molecular flexibility index (Phi) is 5.82. The second-order valence-electron chi connectivity index (χ2n) is 8.89. The summed E-state index contributed by atoms with van der Waals surface area (Å²) in [5.41, 5.74) is 1.14. The van der Waals surface area contributed by atoms with Crippen molar-refractivity contribution in [2.45, 2.75) is 18.6 Å². The number of rotatable bonds is 4. The van der Waals surface area contributed by atoms with E-state index in [1.165, 1.54) is 23.8 Å². The van der Waals surface area contributed by atoms with Gasteiger partial charge in [0.2, 0.25) is 0 Å². The Morgan fingerprint density at radius 3 is 2.47 bits per heavy atom. The number of esters is 1. The van der Waals surface area contributed by atoms with Gasteiger partial charge in [-0.25, -0.2) is 4.79 Å². The number of aromatic nitrogens is 1. The lowest BCUT2D eigenvalue weighted by Crippen LogP contribution is -2.29. The van der Waals surface area contributed by atoms with Crippen LogP contribution in [0.2, 0.25) is 0 Å². The first-order chi connectivity index (χ1) is 17.2. The van der Waals surface area contributed by atoms with E-state index in [0.717, 1.165) is 28.5 Å². The van der Waals surface area contributed by atoms with Crippen LogP contribution in [0, 0.1) is 0 Å². The van der Waals surface area contributed by atoms with Gasteiger partial charge in [-0.1, -0.05) is 54.6 Å². The van der Waals surface area contributed by atoms with E-state index in [0.29, 0.717) is 28.9 Å². The van der Waals surface area contributed by atoms with Crippen LogP contribution in [0.1, 0.15) is 22.7 Å². The summed E-state index contributed by atoms with van der Waals surface area (Å²) in [4.78, 5) is 27.5. The molecule has 36 heavy (non-hydrogen) atoms. The highest BCUT2D eigenvalue weighted by molar-refractivity contribution is 5.88. The van der Waals surface area contributed by atoms with Crippen molar-refractivity contribution < 1.29 is 22.7 Å². The van der Waals surface area contributed by atoms with Crippen LogP contribution in [0.25, 0.3) is 21.9 Å². The van der Waals surface area contributed by atoms with Gasteiger partial charge in [0, 0.05) is 18.7 Å². The molecule has 0 bridgehead atoms. The van der Waals surface area contributed by atoms with Gasteiger partial charge in [-0.15, -0.1) is 0 Å². The molecule has 0 spiro atoms. The molecule has 1 unspecified atom stereocenters. The van der Waals surface area contributed by atoms with Crippen LogP contribution in [-0.2, 0) is 22.1 Å². The van der Waals surface area contributed by atoms with Gasteiger partial charge < -0.3 is 9.64 Å². The fourth-order valence-corrected chi connectivity index (χ4v) is 5.04. The lowest BCUT2D eigenvalue weighted by Gasteiger charge is -2.21. The third kappa shape index (κ3) is 4.02. The number of anilines is 1. The number of nitrogens with zero attached hydrogens (tertiary/aromatic N) is 2. The van der Waals surface area contributed by atoms with Crippen molar-refractivity contribution >= 4 is 22.6 Å². The number of ether oxygens (including phenoxy) is 1. The lowest BCUT2D eigenvalue weighted by atomic mass is 9.92. The Labute approximate surface area is 205 Å². The van der Waals surface area contributed by atoms with Crippen LogP contribution in [0.15, 0.2) is 77.6 Å². The first kappa shape index (κ1) is 23.7. The molecule has 5 nitrogen and oxygen atoms in total. The van der Waals surface area contributed by atoms with Crippen molar-refractivity contribution in [1.82, 2.24) is 4.57 Å². The van der Waals surface area contributed by atoms with Crippen LogP contribution < -0.4 is 10.5 Å². The highest BCUT2D eigenvalue weighted by atomic mass is 19.4. The van der Waals surface area contributed by atoms with Gasteiger partial charge >= 0.3 is 12.1 Å². The smallest absolute Gasteiger partial charge is 0.416 e. The Bertz CT molecular complexity index is 1540. The maximum Gasteiger partial charge on any atom is 0.416 e. The van der Waals surface area contributed by atoms with Crippen molar-refractivity contribution in [2.24, 2.45) is 0 Å². The van der Waals surface area contributed by atoms with Crippen molar-refractivity contribution in [3.8, 4) is 11.1 Å². The summed E-state index contributed by atoms with van der Waals surface area (Å²) < 4.78 is 47.1. The molecule has 3 aromatic carbocycles. The minimum absolute atomic E-state index is 0.172. The number of halogens is 3. The summed E-state index contributed by atoms with van der Waals surface area (Å²) in [6, 6.07) is 19.3. The van der Waals surface area contributed by atoms with Gasteiger partial charge in [0.25, 0.3) is 5.56 Å². The van der Waals surface area contributed by atoms with E-state index in [9.17, 15) is 22.8 Å². The molecule has 0 fully saturated rings. The first-order valence-electron chi connectivity index (χ1n) is 11.4. The van der Waals surface area contributed by atoms with E-state index in [-0.39, 0.29) is 6.54 Å². The molecular formula is C28H23F3N2O3. The van der Waals surface area contributed by atoms with Crippen LogP contribution in [0.5, 0.6) is 0 Å². The summed E-state index contributed by atoms with van der Waals surface area (Å²) >= 11 is 0. The zero-order valence-electron chi connectivity index (χ0n) is 19.7. The lowest BCUT2D eigenvalue weighted by molar-refractivity contribution is -0.144. The molecule has 2 heterocycles. The number of pyridine rings is 1. The normalized spacial score (nSPS) is 15.2. The number of likely N-dealkylation sites (N-methyl/N-ethyl adjacent to an activating group) is 1. The van der Waals surface area contributed by atoms with Gasteiger partial charge in [-0.3, -0.25) is 9.36 Å². The zero-order chi connectivity index (χ0) is 25.6. The highest BCUT2D eigenvalue weighted by Gasteiger charge is 2.37. The Hall–Kier alpha value is -4.07. The standard InChI is InChI=1S/C28H23F3N2O3/c1-32-16-23(27(35)36-2)33-24(34)15-20(13-18-9-5-8-17-7-3-4-12-22(17)18)25(26(32)33)19-10-6-11-21(14-19)28(29,30)31/h3-12,14-15,23H,13,16H2,1-2H3. The molecule has 0 N–H and O–H groups in total. The van der Waals surface area contributed by atoms with E-state index in [4.69, 9.17) is 4.74 Å². The summed E-state index contributed by atoms with van der Waals surface area (Å²) in [6.07, 6.45) is -4.20. The topological polar surface area (TPSA) is 51.5 Å². The molecule has 4 aromatic rings. The van der Waals surface area contributed by atoms with Crippen LogP contribution in [0.4, 0.5) is 19.0 Å². The van der Waals surface area contributed by atoms with E-state index >= 15 is 0 Å². The van der Waals surface area contributed by atoms with E-state index in [2.05, 4.69) is 0 Å². The van der Waals surface area contributed by atoms with Crippen LogP contribution in [0.3, 0.4) is 0 Å². The second-order valence-corrected chi connectivity index (χ2v) is 8.89. The number of hydrogen-bond acceptors (Lipinski definition) is 4. The molecule has 184 valence electrons. The summed E-state index contributed by atoms with van der Waals surface area (Å²) in [5, 5.41) is 2.02.